The van der Waals surface area contributed by atoms with E-state index in [1.165, 1.54) is 0 Å². The van der Waals surface area contributed by atoms with E-state index in [0.717, 1.165) is 0 Å². The predicted molar refractivity (Wildman–Crippen MR) is 51.9 cm³/mol. The van der Waals surface area contributed by atoms with Crippen molar-refractivity contribution in [3.63, 3.8) is 0 Å². The molecule has 0 radical (unpaired) electrons. The Balaban J connectivity index is 3.95. The summed E-state index contributed by atoms with van der Waals surface area (Å²) in [4.78, 5) is 21.2. The molecule has 0 aliphatic carbocycles. The van der Waals surface area contributed by atoms with Gasteiger partial charge in [0, 0.05) is 0 Å². The van der Waals surface area contributed by atoms with Gasteiger partial charge in [-0.05, 0) is 12.2 Å². The fraction of sp³-hybridized carbons (Fsp3) is 0.667. The van der Waals surface area contributed by atoms with Crippen molar-refractivity contribution in [3.05, 3.63) is 0 Å². The molecule has 70 valence electrons. The highest BCUT2D eigenvalue weighted by Crippen LogP contribution is 1.94. The molecule has 0 aromatic rings. The fourth-order valence-electron chi connectivity index (χ4n) is 0.626. The number of carboxylic acid groups (broad SMARTS) is 1. The third-order valence-corrected chi connectivity index (χ3v) is 1.74. The number of rotatable bonds is 5. The molecule has 6 heteroatoms. The monoisotopic (exact) mass is 209 g/mol. The maximum Gasteiger partial charge on any atom is 0.326 e. The van der Waals surface area contributed by atoms with E-state index in [0.29, 0.717) is 12.2 Å². The van der Waals surface area contributed by atoms with E-state index < -0.39 is 12.0 Å². The molecular formula is C6H11NO3S2. The summed E-state index contributed by atoms with van der Waals surface area (Å²) in [5.41, 5.74) is 0. The standard InChI is InChI=1S/C6H11NO3S2/c8-5(3-12)7-4(1-2-11)6(9)10/h4,11-12H,1-3H2,(H,7,8)(H,9,10). The van der Waals surface area contributed by atoms with E-state index in [-0.39, 0.29) is 11.7 Å². The smallest absolute Gasteiger partial charge is 0.326 e. The van der Waals surface area contributed by atoms with Gasteiger partial charge in [-0.15, -0.1) is 0 Å². The SMILES string of the molecule is O=C(CS)NC(CCS)C(=O)O. The molecule has 2 N–H and O–H groups in total. The minimum absolute atomic E-state index is 0.00362. The molecule has 0 aliphatic rings. The van der Waals surface area contributed by atoms with Gasteiger partial charge in [0.05, 0.1) is 5.75 Å². The number of carbonyl (C=O) groups excluding carboxylic acids is 1. The lowest BCUT2D eigenvalue weighted by Gasteiger charge is -2.11. The Kier molecular flexibility index (Phi) is 6.00. The highest BCUT2D eigenvalue weighted by molar-refractivity contribution is 7.81. The molecule has 1 amide bonds. The van der Waals surface area contributed by atoms with Crippen molar-refractivity contribution in [2.45, 2.75) is 12.5 Å². The van der Waals surface area contributed by atoms with E-state index in [2.05, 4.69) is 30.6 Å². The number of aliphatic carboxylic acids is 1. The van der Waals surface area contributed by atoms with E-state index in [1.54, 1.807) is 0 Å². The van der Waals surface area contributed by atoms with Crippen LogP contribution in [0.4, 0.5) is 0 Å². The molecule has 12 heavy (non-hydrogen) atoms. The van der Waals surface area contributed by atoms with Crippen LogP contribution < -0.4 is 5.32 Å². The number of amides is 1. The normalized spacial score (nSPS) is 12.2. The van der Waals surface area contributed by atoms with Crippen LogP contribution in [-0.4, -0.2) is 34.5 Å². The minimum atomic E-state index is -1.04. The van der Waals surface area contributed by atoms with Gasteiger partial charge in [0.1, 0.15) is 6.04 Å². The van der Waals surface area contributed by atoms with E-state index in [1.807, 2.05) is 0 Å². The maximum absolute atomic E-state index is 10.7. The zero-order chi connectivity index (χ0) is 9.56. The summed E-state index contributed by atoms with van der Waals surface area (Å²) in [6, 6.07) is -0.845. The topological polar surface area (TPSA) is 66.4 Å². The van der Waals surface area contributed by atoms with Crippen molar-refractivity contribution >= 4 is 37.1 Å². The molecule has 0 bridgehead atoms. The molecule has 0 aromatic heterocycles. The number of hydrogen-bond acceptors (Lipinski definition) is 4. The molecular weight excluding hydrogens is 198 g/mol. The molecule has 0 heterocycles. The van der Waals surface area contributed by atoms with Crippen LogP contribution in [0.1, 0.15) is 6.42 Å². The molecule has 0 saturated heterocycles. The van der Waals surface area contributed by atoms with Crippen LogP contribution in [0, 0.1) is 0 Å². The van der Waals surface area contributed by atoms with Crippen molar-refractivity contribution in [2.75, 3.05) is 11.5 Å². The molecule has 1 atom stereocenters. The van der Waals surface area contributed by atoms with E-state index >= 15 is 0 Å². The van der Waals surface area contributed by atoms with Crippen molar-refractivity contribution in [1.82, 2.24) is 5.32 Å². The number of carbonyl (C=O) groups is 2. The first-order valence-corrected chi connectivity index (χ1v) is 4.62. The molecule has 0 aliphatic heterocycles. The van der Waals surface area contributed by atoms with Gasteiger partial charge in [0.25, 0.3) is 0 Å². The molecule has 0 spiro atoms. The Morgan fingerprint density at radius 2 is 2.00 bits per heavy atom. The maximum atomic E-state index is 10.7. The van der Waals surface area contributed by atoms with Crippen LogP contribution in [0.5, 0.6) is 0 Å². The number of nitrogens with one attached hydrogen (secondary N) is 1. The average Bonchev–Trinajstić information content (AvgIpc) is 2.03. The summed E-state index contributed by atoms with van der Waals surface area (Å²) >= 11 is 7.58. The fourth-order valence-corrected chi connectivity index (χ4v) is 0.976. The summed E-state index contributed by atoms with van der Waals surface area (Å²) in [5.74, 6) is -1.01. The van der Waals surface area contributed by atoms with E-state index in [9.17, 15) is 9.59 Å². The number of thiol groups is 2. The second-order valence-electron chi connectivity index (χ2n) is 2.13. The van der Waals surface area contributed by atoms with E-state index in [4.69, 9.17) is 5.11 Å². The second kappa shape index (κ2) is 6.19. The average molecular weight is 209 g/mol. The summed E-state index contributed by atoms with van der Waals surface area (Å²) in [6.45, 7) is 0. The van der Waals surface area contributed by atoms with Crippen LogP contribution in [0.15, 0.2) is 0 Å². The zero-order valence-corrected chi connectivity index (χ0v) is 8.15. The lowest BCUT2D eigenvalue weighted by molar-refractivity contribution is -0.141. The van der Waals surface area contributed by atoms with Crippen LogP contribution in [0.25, 0.3) is 0 Å². The Labute approximate surface area is 81.5 Å². The summed E-state index contributed by atoms with van der Waals surface area (Å²) < 4.78 is 0. The lowest BCUT2D eigenvalue weighted by Crippen LogP contribution is -2.41. The highest BCUT2D eigenvalue weighted by atomic mass is 32.1. The van der Waals surface area contributed by atoms with Gasteiger partial charge in [-0.1, -0.05) is 0 Å². The van der Waals surface area contributed by atoms with Gasteiger partial charge in [0.15, 0.2) is 0 Å². The minimum Gasteiger partial charge on any atom is -0.480 e. The molecule has 1 unspecified atom stereocenters. The van der Waals surface area contributed by atoms with Crippen molar-refractivity contribution in [1.29, 1.82) is 0 Å². The third-order valence-electron chi connectivity index (χ3n) is 1.19. The van der Waals surface area contributed by atoms with Gasteiger partial charge in [0.2, 0.25) is 5.91 Å². The Hall–Kier alpha value is -0.360. The van der Waals surface area contributed by atoms with Crippen molar-refractivity contribution in [2.24, 2.45) is 0 Å². The summed E-state index contributed by atoms with van der Waals surface area (Å²) in [5, 5.41) is 10.9. The van der Waals surface area contributed by atoms with Gasteiger partial charge in [-0.3, -0.25) is 4.79 Å². The Bertz CT molecular complexity index is 172. The van der Waals surface area contributed by atoms with Gasteiger partial charge in [-0.2, -0.15) is 25.3 Å². The van der Waals surface area contributed by atoms with Crippen LogP contribution >= 0.6 is 25.3 Å². The lowest BCUT2D eigenvalue weighted by atomic mass is 10.2. The predicted octanol–water partition coefficient (Wildman–Crippen LogP) is -0.195. The van der Waals surface area contributed by atoms with Gasteiger partial charge >= 0.3 is 5.97 Å². The van der Waals surface area contributed by atoms with Crippen molar-refractivity contribution in [3.8, 4) is 0 Å². The summed E-state index contributed by atoms with van der Waals surface area (Å²) in [7, 11) is 0. The molecule has 0 saturated carbocycles. The van der Waals surface area contributed by atoms with Crippen LogP contribution in [0.3, 0.4) is 0 Å². The quantitative estimate of drug-likeness (QED) is 0.474. The second-order valence-corrected chi connectivity index (χ2v) is 2.89. The zero-order valence-electron chi connectivity index (χ0n) is 6.36. The first-order valence-electron chi connectivity index (χ1n) is 3.35. The number of hydrogen-bond donors (Lipinski definition) is 4. The summed E-state index contributed by atoms with van der Waals surface area (Å²) in [6.07, 6.45) is 0.317. The largest absolute Gasteiger partial charge is 0.480 e. The molecule has 0 rings (SSSR count). The van der Waals surface area contributed by atoms with Gasteiger partial charge in [-0.25, -0.2) is 4.79 Å². The first-order chi connectivity index (χ1) is 5.61. The molecule has 0 aromatic carbocycles. The first kappa shape index (κ1) is 11.6. The molecule has 4 nitrogen and oxygen atoms in total. The number of carboxylic acids is 1. The van der Waals surface area contributed by atoms with Gasteiger partial charge < -0.3 is 10.4 Å². The van der Waals surface area contributed by atoms with Crippen molar-refractivity contribution < 1.29 is 14.7 Å². The Morgan fingerprint density at radius 3 is 2.33 bits per heavy atom. The molecule has 0 fully saturated rings. The van der Waals surface area contributed by atoms with Crippen LogP contribution in [0.2, 0.25) is 0 Å². The Morgan fingerprint density at radius 1 is 1.42 bits per heavy atom. The van der Waals surface area contributed by atoms with Crippen LogP contribution in [-0.2, 0) is 9.59 Å². The highest BCUT2D eigenvalue weighted by Gasteiger charge is 2.17. The third kappa shape index (κ3) is 4.50.